The molecule has 0 radical (unpaired) electrons. The molecule has 6 nitrogen and oxygen atoms in total. The molecule has 138 valence electrons. The van der Waals surface area contributed by atoms with Crippen molar-refractivity contribution < 1.29 is 13.2 Å². The number of halogens is 1. The molecule has 1 aliphatic heterocycles. The highest BCUT2D eigenvalue weighted by atomic mass is 35.5. The molecule has 2 aromatic rings. The molecule has 0 saturated carbocycles. The zero-order valence-corrected chi connectivity index (χ0v) is 15.9. The van der Waals surface area contributed by atoms with E-state index in [-0.39, 0.29) is 10.8 Å². The minimum Gasteiger partial charge on any atom is -0.369 e. The number of hydrogen-bond acceptors (Lipinski definition) is 4. The van der Waals surface area contributed by atoms with E-state index in [9.17, 15) is 13.2 Å². The molecule has 0 atom stereocenters. The van der Waals surface area contributed by atoms with Crippen molar-refractivity contribution >= 4 is 38.9 Å². The van der Waals surface area contributed by atoms with Crippen LogP contribution in [-0.4, -0.2) is 44.8 Å². The molecule has 0 aromatic heterocycles. The van der Waals surface area contributed by atoms with Gasteiger partial charge >= 0.3 is 0 Å². The summed E-state index contributed by atoms with van der Waals surface area (Å²) in [7, 11) is -3.54. The van der Waals surface area contributed by atoms with Crippen molar-refractivity contribution in [3.05, 3.63) is 53.6 Å². The fraction of sp³-hybridized carbons (Fsp3) is 0.278. The van der Waals surface area contributed by atoms with E-state index < -0.39 is 10.0 Å². The van der Waals surface area contributed by atoms with Crippen LogP contribution in [0.2, 0.25) is 5.02 Å². The lowest BCUT2D eigenvalue weighted by Gasteiger charge is -2.35. The lowest BCUT2D eigenvalue weighted by molar-refractivity contribution is -0.114. The zero-order valence-electron chi connectivity index (χ0n) is 14.4. The van der Waals surface area contributed by atoms with Crippen LogP contribution in [-0.2, 0) is 14.8 Å². The quantitative estimate of drug-likeness (QED) is 0.867. The molecule has 0 bridgehead atoms. The Hall–Kier alpha value is -2.09. The third-order valence-electron chi connectivity index (χ3n) is 4.23. The lowest BCUT2D eigenvalue weighted by Crippen LogP contribution is -2.48. The normalized spacial score (nSPS) is 15.7. The number of carbonyl (C=O) groups is 1. The Labute approximate surface area is 158 Å². The first-order valence-corrected chi connectivity index (χ1v) is 10.1. The fourth-order valence-corrected chi connectivity index (χ4v) is 4.65. The number of benzene rings is 2. The molecular formula is C18H20ClN3O3S. The monoisotopic (exact) mass is 393 g/mol. The number of piperazine rings is 1. The second-order valence-corrected chi connectivity index (χ2v) is 8.45. The largest absolute Gasteiger partial charge is 0.369 e. The standard InChI is InChI=1S/C18H20ClN3O3S/c1-14(23)20-16-5-7-17(8-6-16)21-9-11-22(12-10-21)26(24,25)18-4-2-3-15(19)13-18/h2-8,13H,9-12H2,1H3,(H,20,23). The van der Waals surface area contributed by atoms with Crippen molar-refractivity contribution in [3.63, 3.8) is 0 Å². The van der Waals surface area contributed by atoms with Crippen LogP contribution in [0.4, 0.5) is 11.4 Å². The third kappa shape index (κ3) is 4.17. The smallest absolute Gasteiger partial charge is 0.243 e. The van der Waals surface area contributed by atoms with Crippen molar-refractivity contribution in [1.29, 1.82) is 0 Å². The van der Waals surface area contributed by atoms with E-state index in [2.05, 4.69) is 10.2 Å². The van der Waals surface area contributed by atoms with Crippen molar-refractivity contribution in [2.24, 2.45) is 0 Å². The number of amides is 1. The summed E-state index contributed by atoms with van der Waals surface area (Å²) in [4.78, 5) is 13.4. The summed E-state index contributed by atoms with van der Waals surface area (Å²) in [5.74, 6) is -0.113. The van der Waals surface area contributed by atoms with Gasteiger partial charge in [0.05, 0.1) is 4.90 Å². The lowest BCUT2D eigenvalue weighted by atomic mass is 10.2. The molecule has 8 heteroatoms. The predicted octanol–water partition coefficient (Wildman–Crippen LogP) is 2.81. The maximum Gasteiger partial charge on any atom is 0.243 e. The summed E-state index contributed by atoms with van der Waals surface area (Å²) in [6.07, 6.45) is 0. The highest BCUT2D eigenvalue weighted by Crippen LogP contribution is 2.24. The Morgan fingerprint density at radius 3 is 2.27 bits per heavy atom. The van der Waals surface area contributed by atoms with E-state index >= 15 is 0 Å². The second kappa shape index (κ2) is 7.65. The van der Waals surface area contributed by atoms with Gasteiger partial charge in [-0.3, -0.25) is 4.79 Å². The number of rotatable bonds is 4. The van der Waals surface area contributed by atoms with Gasteiger partial charge in [0.2, 0.25) is 15.9 Å². The zero-order chi connectivity index (χ0) is 18.7. The van der Waals surface area contributed by atoms with Gasteiger partial charge < -0.3 is 10.2 Å². The van der Waals surface area contributed by atoms with Gasteiger partial charge in [-0.2, -0.15) is 4.31 Å². The average Bonchev–Trinajstić information content (AvgIpc) is 2.62. The average molecular weight is 394 g/mol. The van der Waals surface area contributed by atoms with Gasteiger partial charge in [0.15, 0.2) is 0 Å². The molecule has 1 amide bonds. The Kier molecular flexibility index (Phi) is 5.50. The van der Waals surface area contributed by atoms with E-state index in [0.717, 1.165) is 11.4 Å². The first-order valence-electron chi connectivity index (χ1n) is 8.24. The third-order valence-corrected chi connectivity index (χ3v) is 6.36. The Morgan fingerprint density at radius 2 is 1.69 bits per heavy atom. The summed E-state index contributed by atoms with van der Waals surface area (Å²) in [6, 6.07) is 13.9. The summed E-state index contributed by atoms with van der Waals surface area (Å²) in [5, 5.41) is 3.14. The minimum absolute atomic E-state index is 0.113. The van der Waals surface area contributed by atoms with E-state index in [1.165, 1.54) is 17.3 Å². The minimum atomic E-state index is -3.54. The molecule has 1 saturated heterocycles. The van der Waals surface area contributed by atoms with Crippen LogP contribution in [0, 0.1) is 0 Å². The summed E-state index contributed by atoms with van der Waals surface area (Å²) in [6.45, 7) is 3.47. The fourth-order valence-electron chi connectivity index (χ4n) is 2.92. The van der Waals surface area contributed by atoms with Crippen LogP contribution >= 0.6 is 11.6 Å². The molecular weight excluding hydrogens is 374 g/mol. The number of nitrogens with one attached hydrogen (secondary N) is 1. The summed E-state index contributed by atoms with van der Waals surface area (Å²) < 4.78 is 27.0. The number of sulfonamides is 1. The van der Waals surface area contributed by atoms with Crippen LogP contribution in [0.1, 0.15) is 6.92 Å². The van der Waals surface area contributed by atoms with Crippen LogP contribution < -0.4 is 10.2 Å². The number of nitrogens with zero attached hydrogens (tertiary/aromatic N) is 2. The van der Waals surface area contributed by atoms with E-state index in [1.807, 2.05) is 24.3 Å². The van der Waals surface area contributed by atoms with Gasteiger partial charge in [-0.15, -0.1) is 0 Å². The van der Waals surface area contributed by atoms with Crippen molar-refractivity contribution in [2.45, 2.75) is 11.8 Å². The van der Waals surface area contributed by atoms with E-state index in [4.69, 9.17) is 11.6 Å². The maximum absolute atomic E-state index is 12.7. The molecule has 3 rings (SSSR count). The highest BCUT2D eigenvalue weighted by Gasteiger charge is 2.28. The molecule has 1 fully saturated rings. The van der Waals surface area contributed by atoms with Gasteiger partial charge in [0.25, 0.3) is 0 Å². The Bertz CT molecular complexity index is 892. The topological polar surface area (TPSA) is 69.7 Å². The van der Waals surface area contributed by atoms with Gasteiger partial charge in [-0.05, 0) is 42.5 Å². The molecule has 0 unspecified atom stereocenters. The Balaban J connectivity index is 1.66. The SMILES string of the molecule is CC(=O)Nc1ccc(N2CCN(S(=O)(=O)c3cccc(Cl)c3)CC2)cc1. The van der Waals surface area contributed by atoms with Crippen LogP contribution in [0.3, 0.4) is 0 Å². The summed E-state index contributed by atoms with van der Waals surface area (Å²) >= 11 is 5.92. The first kappa shape index (κ1) is 18.7. The second-order valence-electron chi connectivity index (χ2n) is 6.08. The van der Waals surface area contributed by atoms with Crippen molar-refractivity contribution in [3.8, 4) is 0 Å². The van der Waals surface area contributed by atoms with Gasteiger partial charge in [-0.1, -0.05) is 17.7 Å². The van der Waals surface area contributed by atoms with Gasteiger partial charge in [0.1, 0.15) is 0 Å². The van der Waals surface area contributed by atoms with Crippen LogP contribution in [0.15, 0.2) is 53.4 Å². The van der Waals surface area contributed by atoms with E-state index in [1.54, 1.807) is 18.2 Å². The molecule has 1 aliphatic rings. The predicted molar refractivity (Wildman–Crippen MR) is 103 cm³/mol. The first-order chi connectivity index (χ1) is 12.4. The Morgan fingerprint density at radius 1 is 1.04 bits per heavy atom. The molecule has 0 spiro atoms. The van der Waals surface area contributed by atoms with Gasteiger partial charge in [0, 0.05) is 49.5 Å². The number of anilines is 2. The highest BCUT2D eigenvalue weighted by molar-refractivity contribution is 7.89. The molecule has 1 N–H and O–H groups in total. The van der Waals surface area contributed by atoms with Gasteiger partial charge in [-0.25, -0.2) is 8.42 Å². The van der Waals surface area contributed by atoms with Crippen molar-refractivity contribution in [1.82, 2.24) is 4.31 Å². The van der Waals surface area contributed by atoms with Crippen LogP contribution in [0.5, 0.6) is 0 Å². The molecule has 0 aliphatic carbocycles. The molecule has 2 aromatic carbocycles. The van der Waals surface area contributed by atoms with E-state index in [0.29, 0.717) is 31.2 Å². The molecule has 26 heavy (non-hydrogen) atoms. The summed E-state index contributed by atoms with van der Waals surface area (Å²) in [5.41, 5.74) is 1.74. The number of hydrogen-bond donors (Lipinski definition) is 1. The number of carbonyl (C=O) groups excluding carboxylic acids is 1. The maximum atomic E-state index is 12.7. The van der Waals surface area contributed by atoms with Crippen LogP contribution in [0.25, 0.3) is 0 Å². The van der Waals surface area contributed by atoms with Crippen molar-refractivity contribution in [2.75, 3.05) is 36.4 Å². The molecule has 1 heterocycles.